The zero-order valence-corrected chi connectivity index (χ0v) is 11.3. The fraction of sp³-hybridized carbons (Fsp3) is 0.385. The van der Waals surface area contributed by atoms with Crippen molar-refractivity contribution in [2.75, 3.05) is 7.11 Å². The number of amides is 2. The molecule has 1 rings (SSSR count). The summed E-state index contributed by atoms with van der Waals surface area (Å²) in [6.07, 6.45) is -2.48. The predicted molar refractivity (Wildman–Crippen MR) is 70.6 cm³/mol. The Morgan fingerprint density at radius 3 is 2.40 bits per heavy atom. The molecule has 1 aromatic rings. The van der Waals surface area contributed by atoms with Gasteiger partial charge in [0.15, 0.2) is 0 Å². The summed E-state index contributed by atoms with van der Waals surface area (Å²) in [4.78, 5) is 28.5. The van der Waals surface area contributed by atoms with Gasteiger partial charge in [0.25, 0.3) is 5.91 Å². The molecule has 110 valence electrons. The Morgan fingerprint density at radius 2 is 1.95 bits per heavy atom. The number of hydrogen-bond donors (Lipinski definition) is 3. The summed E-state index contributed by atoms with van der Waals surface area (Å²) in [6, 6.07) is 7.56. The van der Waals surface area contributed by atoms with E-state index in [0.29, 0.717) is 5.56 Å². The molecule has 0 heterocycles. The number of aliphatic hydroxyl groups is 1. The number of rotatable bonds is 6. The summed E-state index contributed by atoms with van der Waals surface area (Å²) in [5, 5.41) is 19.0. The molecule has 0 saturated heterocycles. The van der Waals surface area contributed by atoms with E-state index in [1.807, 2.05) is 5.48 Å². The number of hydrogen-bond acceptors (Lipinski definition) is 4. The molecule has 1 aromatic carbocycles. The number of carbonyl (C=O) groups excluding carboxylic acids is 1. The van der Waals surface area contributed by atoms with Crippen LogP contribution in [0.1, 0.15) is 12.5 Å². The van der Waals surface area contributed by atoms with Gasteiger partial charge in [0, 0.05) is 6.54 Å². The fourth-order valence-corrected chi connectivity index (χ4v) is 1.85. The van der Waals surface area contributed by atoms with Crippen LogP contribution in [0.3, 0.4) is 0 Å². The van der Waals surface area contributed by atoms with Crippen LogP contribution in [0.2, 0.25) is 0 Å². The number of benzene rings is 1. The Hall–Kier alpha value is -2.12. The molecule has 2 amide bonds. The van der Waals surface area contributed by atoms with Crippen LogP contribution in [0.15, 0.2) is 30.3 Å². The summed E-state index contributed by atoms with van der Waals surface area (Å²) < 4.78 is 0. The van der Waals surface area contributed by atoms with Crippen molar-refractivity contribution >= 4 is 12.0 Å². The molecule has 0 aromatic heterocycles. The minimum atomic E-state index is -1.30. The van der Waals surface area contributed by atoms with Gasteiger partial charge < -0.3 is 10.2 Å². The van der Waals surface area contributed by atoms with Crippen LogP contribution in [0.5, 0.6) is 0 Å². The quantitative estimate of drug-likeness (QED) is 0.663. The molecule has 20 heavy (non-hydrogen) atoms. The highest BCUT2D eigenvalue weighted by Gasteiger charge is 2.33. The van der Waals surface area contributed by atoms with E-state index >= 15 is 0 Å². The molecule has 0 bridgehead atoms. The van der Waals surface area contributed by atoms with E-state index in [2.05, 4.69) is 4.84 Å². The molecule has 2 atom stereocenters. The first-order chi connectivity index (χ1) is 9.47. The van der Waals surface area contributed by atoms with Gasteiger partial charge in [-0.15, -0.1) is 0 Å². The van der Waals surface area contributed by atoms with Crippen molar-refractivity contribution in [3.63, 3.8) is 0 Å². The van der Waals surface area contributed by atoms with Crippen LogP contribution < -0.4 is 5.48 Å². The van der Waals surface area contributed by atoms with Gasteiger partial charge in [-0.25, -0.2) is 10.3 Å². The maximum absolute atomic E-state index is 11.8. The van der Waals surface area contributed by atoms with E-state index in [1.54, 1.807) is 30.3 Å². The Labute approximate surface area is 116 Å². The zero-order chi connectivity index (χ0) is 15.1. The molecule has 7 nitrogen and oxygen atoms in total. The number of hydroxylamine groups is 1. The summed E-state index contributed by atoms with van der Waals surface area (Å²) in [5.74, 6) is -0.721. The minimum Gasteiger partial charge on any atom is -0.465 e. The van der Waals surface area contributed by atoms with Gasteiger partial charge in [0.2, 0.25) is 0 Å². The largest absolute Gasteiger partial charge is 0.465 e. The third kappa shape index (κ3) is 4.22. The van der Waals surface area contributed by atoms with E-state index in [9.17, 15) is 19.8 Å². The van der Waals surface area contributed by atoms with Crippen molar-refractivity contribution < 1.29 is 24.6 Å². The lowest BCUT2D eigenvalue weighted by Crippen LogP contribution is -2.53. The van der Waals surface area contributed by atoms with Gasteiger partial charge in [-0.1, -0.05) is 30.3 Å². The monoisotopic (exact) mass is 282 g/mol. The topological polar surface area (TPSA) is 99.1 Å². The van der Waals surface area contributed by atoms with Crippen molar-refractivity contribution in [2.45, 2.75) is 25.6 Å². The van der Waals surface area contributed by atoms with E-state index in [4.69, 9.17) is 0 Å². The molecule has 0 unspecified atom stereocenters. The lowest BCUT2D eigenvalue weighted by Gasteiger charge is -2.30. The van der Waals surface area contributed by atoms with Crippen LogP contribution in [0, 0.1) is 0 Å². The lowest BCUT2D eigenvalue weighted by atomic mass is 10.1. The van der Waals surface area contributed by atoms with Crippen molar-refractivity contribution in [2.24, 2.45) is 0 Å². The molecule has 0 aliphatic rings. The molecule has 0 radical (unpaired) electrons. The first-order valence-corrected chi connectivity index (χ1v) is 6.01. The maximum atomic E-state index is 11.8. The minimum absolute atomic E-state index is 0.0110. The molecular weight excluding hydrogens is 264 g/mol. The van der Waals surface area contributed by atoms with Crippen LogP contribution in [-0.4, -0.2) is 46.4 Å². The van der Waals surface area contributed by atoms with Crippen molar-refractivity contribution in [1.29, 1.82) is 0 Å². The van der Waals surface area contributed by atoms with Crippen molar-refractivity contribution in [1.82, 2.24) is 10.4 Å². The fourth-order valence-electron chi connectivity index (χ4n) is 1.85. The number of carboxylic acid groups (broad SMARTS) is 1. The summed E-state index contributed by atoms with van der Waals surface area (Å²) in [7, 11) is 1.24. The van der Waals surface area contributed by atoms with E-state index < -0.39 is 24.1 Å². The molecule has 7 heteroatoms. The molecule has 0 aliphatic heterocycles. The van der Waals surface area contributed by atoms with E-state index in [-0.39, 0.29) is 6.54 Å². The third-order valence-corrected chi connectivity index (χ3v) is 2.71. The van der Waals surface area contributed by atoms with Gasteiger partial charge in [-0.05, 0) is 12.5 Å². The highest BCUT2D eigenvalue weighted by Crippen LogP contribution is 2.12. The first-order valence-electron chi connectivity index (χ1n) is 6.01. The third-order valence-electron chi connectivity index (χ3n) is 2.71. The molecule has 3 N–H and O–H groups in total. The molecule has 0 aliphatic carbocycles. The molecular formula is C13H18N2O5. The highest BCUT2D eigenvalue weighted by atomic mass is 16.6. The Morgan fingerprint density at radius 1 is 1.35 bits per heavy atom. The van der Waals surface area contributed by atoms with Gasteiger partial charge >= 0.3 is 6.09 Å². The maximum Gasteiger partial charge on any atom is 0.408 e. The Balaban J connectivity index is 2.97. The van der Waals surface area contributed by atoms with Crippen molar-refractivity contribution in [3.8, 4) is 0 Å². The van der Waals surface area contributed by atoms with Crippen LogP contribution in [-0.2, 0) is 16.2 Å². The van der Waals surface area contributed by atoms with Gasteiger partial charge in [0.1, 0.15) is 6.04 Å². The normalized spacial score (nSPS) is 13.3. The highest BCUT2D eigenvalue weighted by molar-refractivity contribution is 5.85. The average Bonchev–Trinajstić information content (AvgIpc) is 2.39. The summed E-state index contributed by atoms with van der Waals surface area (Å²) >= 11 is 0. The second-order valence-corrected chi connectivity index (χ2v) is 4.25. The van der Waals surface area contributed by atoms with Gasteiger partial charge in [-0.3, -0.25) is 14.5 Å². The smallest absolute Gasteiger partial charge is 0.408 e. The van der Waals surface area contributed by atoms with Gasteiger partial charge in [0.05, 0.1) is 13.2 Å². The predicted octanol–water partition coefficient (Wildman–Crippen LogP) is 0.594. The van der Waals surface area contributed by atoms with E-state index in [0.717, 1.165) is 4.90 Å². The average molecular weight is 282 g/mol. The Bertz CT molecular complexity index is 449. The van der Waals surface area contributed by atoms with Crippen molar-refractivity contribution in [3.05, 3.63) is 35.9 Å². The number of nitrogens with one attached hydrogen (secondary N) is 1. The standard InChI is InChI=1S/C13H18N2O5/c1-9(16)11(12(17)14-20-2)15(13(18)19)8-10-6-4-3-5-7-10/h3-7,9,11,16H,8H2,1-2H3,(H,14,17)(H,18,19)/t9-,11-/m1/s1. The SMILES string of the molecule is CONC(=O)[C@@H]([C@@H](C)O)N(Cc1ccccc1)C(=O)O. The second-order valence-electron chi connectivity index (χ2n) is 4.25. The van der Waals surface area contributed by atoms with E-state index in [1.165, 1.54) is 14.0 Å². The zero-order valence-electron chi connectivity index (χ0n) is 11.3. The number of nitrogens with zero attached hydrogens (tertiary/aromatic N) is 1. The summed E-state index contributed by atoms with van der Waals surface area (Å²) in [5.41, 5.74) is 2.76. The second kappa shape index (κ2) is 7.46. The molecule has 0 fully saturated rings. The van der Waals surface area contributed by atoms with Crippen LogP contribution in [0.4, 0.5) is 4.79 Å². The number of carbonyl (C=O) groups is 2. The number of aliphatic hydroxyl groups excluding tert-OH is 1. The van der Waals surface area contributed by atoms with Gasteiger partial charge in [-0.2, -0.15) is 0 Å². The molecule has 0 saturated carbocycles. The van der Waals surface area contributed by atoms with Crippen LogP contribution >= 0.6 is 0 Å². The molecule has 0 spiro atoms. The summed E-state index contributed by atoms with van der Waals surface area (Å²) in [6.45, 7) is 1.34. The van der Waals surface area contributed by atoms with Crippen LogP contribution in [0.25, 0.3) is 0 Å². The lowest BCUT2D eigenvalue weighted by molar-refractivity contribution is -0.140. The first kappa shape index (κ1) is 15.9. The Kier molecular flexibility index (Phi) is 5.95.